The summed E-state index contributed by atoms with van der Waals surface area (Å²) in [4.78, 5) is 12.5. The van der Waals surface area contributed by atoms with E-state index in [2.05, 4.69) is 27.7 Å². The molecule has 0 N–H and O–H groups in total. The van der Waals surface area contributed by atoms with Crippen LogP contribution in [0.4, 0.5) is 0 Å². The Hall–Kier alpha value is -1.51. The van der Waals surface area contributed by atoms with E-state index < -0.39 is 0 Å². The van der Waals surface area contributed by atoms with Crippen LogP contribution < -0.4 is 9.47 Å². The molecule has 0 atom stereocenters. The fourth-order valence-electron chi connectivity index (χ4n) is 3.30. The van der Waals surface area contributed by atoms with Crippen molar-refractivity contribution >= 4 is 5.78 Å². The van der Waals surface area contributed by atoms with Crippen LogP contribution >= 0.6 is 0 Å². The summed E-state index contributed by atoms with van der Waals surface area (Å²) in [5, 5.41) is 0. The Labute approximate surface area is 121 Å². The molecule has 1 aliphatic rings. The van der Waals surface area contributed by atoms with E-state index in [0.29, 0.717) is 23.7 Å². The summed E-state index contributed by atoms with van der Waals surface area (Å²) in [5.41, 5.74) is 1.17. The normalized spacial score (nSPS) is 19.5. The molecular formula is C17H24O3. The van der Waals surface area contributed by atoms with Crippen molar-refractivity contribution < 1.29 is 14.3 Å². The SMILES string of the molecule is COc1ccc(CC(=O)C2C(C)(C)C2(C)C)cc1OC. The van der Waals surface area contributed by atoms with Crippen LogP contribution in [-0.4, -0.2) is 20.0 Å². The Morgan fingerprint density at radius 3 is 2.05 bits per heavy atom. The van der Waals surface area contributed by atoms with Crippen LogP contribution in [0.3, 0.4) is 0 Å². The van der Waals surface area contributed by atoms with Crippen molar-refractivity contribution in [2.75, 3.05) is 14.2 Å². The van der Waals surface area contributed by atoms with E-state index in [0.717, 1.165) is 5.56 Å². The molecule has 0 aliphatic heterocycles. The quantitative estimate of drug-likeness (QED) is 0.825. The molecular weight excluding hydrogens is 252 g/mol. The predicted octanol–water partition coefficient (Wildman–Crippen LogP) is 3.50. The fraction of sp³-hybridized carbons (Fsp3) is 0.588. The zero-order valence-corrected chi connectivity index (χ0v) is 13.2. The van der Waals surface area contributed by atoms with Crippen molar-refractivity contribution in [2.24, 2.45) is 16.7 Å². The van der Waals surface area contributed by atoms with E-state index >= 15 is 0 Å². The summed E-state index contributed by atoms with van der Waals surface area (Å²) in [7, 11) is 3.22. The van der Waals surface area contributed by atoms with Gasteiger partial charge in [0.1, 0.15) is 5.78 Å². The number of ketones is 1. The minimum Gasteiger partial charge on any atom is -0.493 e. The summed E-state index contributed by atoms with van der Waals surface area (Å²) in [6.07, 6.45) is 0.456. The highest BCUT2D eigenvalue weighted by molar-refractivity contribution is 5.88. The van der Waals surface area contributed by atoms with Crippen LogP contribution in [0.15, 0.2) is 18.2 Å². The lowest BCUT2D eigenvalue weighted by Crippen LogP contribution is -2.10. The minimum absolute atomic E-state index is 0.0979. The number of ether oxygens (including phenoxy) is 2. The maximum atomic E-state index is 12.5. The molecule has 0 bridgehead atoms. The highest BCUT2D eigenvalue weighted by Crippen LogP contribution is 2.68. The molecule has 1 aromatic rings. The number of rotatable bonds is 5. The summed E-state index contributed by atoms with van der Waals surface area (Å²) in [6.45, 7) is 8.68. The Kier molecular flexibility index (Phi) is 3.57. The standard InChI is InChI=1S/C17H24O3/c1-16(2)15(17(16,3)4)12(18)9-11-7-8-13(19-5)14(10-11)20-6/h7-8,10,15H,9H2,1-6H3. The summed E-state index contributed by atoms with van der Waals surface area (Å²) in [5.74, 6) is 1.82. The average Bonchev–Trinajstić information content (AvgIpc) is 2.79. The van der Waals surface area contributed by atoms with Crippen LogP contribution in [0.5, 0.6) is 11.5 Å². The molecule has 0 aromatic heterocycles. The maximum Gasteiger partial charge on any atom is 0.161 e. The van der Waals surface area contributed by atoms with E-state index in [1.165, 1.54) is 0 Å². The van der Waals surface area contributed by atoms with Crippen LogP contribution in [0.25, 0.3) is 0 Å². The van der Waals surface area contributed by atoms with Gasteiger partial charge in [0.25, 0.3) is 0 Å². The largest absolute Gasteiger partial charge is 0.493 e. The summed E-state index contributed by atoms with van der Waals surface area (Å²) < 4.78 is 10.5. The van der Waals surface area contributed by atoms with Gasteiger partial charge < -0.3 is 9.47 Å². The van der Waals surface area contributed by atoms with Crippen LogP contribution in [0.1, 0.15) is 33.3 Å². The van der Waals surface area contributed by atoms with Gasteiger partial charge in [-0.15, -0.1) is 0 Å². The molecule has 20 heavy (non-hydrogen) atoms. The van der Waals surface area contributed by atoms with E-state index in [9.17, 15) is 4.79 Å². The number of benzene rings is 1. The maximum absolute atomic E-state index is 12.5. The molecule has 3 nitrogen and oxygen atoms in total. The first kappa shape index (κ1) is 14.9. The fourth-order valence-corrected chi connectivity index (χ4v) is 3.30. The zero-order chi connectivity index (χ0) is 15.1. The molecule has 2 rings (SSSR count). The second-order valence-corrected chi connectivity index (χ2v) is 6.71. The Morgan fingerprint density at radius 2 is 1.60 bits per heavy atom. The number of methoxy groups -OCH3 is 2. The minimum atomic E-state index is 0.0979. The first-order chi connectivity index (χ1) is 9.25. The van der Waals surface area contributed by atoms with Crippen molar-refractivity contribution in [1.29, 1.82) is 0 Å². The highest BCUT2D eigenvalue weighted by Gasteiger charge is 2.67. The van der Waals surface area contributed by atoms with E-state index in [-0.39, 0.29) is 16.7 Å². The molecule has 0 saturated heterocycles. The molecule has 0 radical (unpaired) electrons. The first-order valence-corrected chi connectivity index (χ1v) is 6.99. The third-order valence-corrected chi connectivity index (χ3v) is 5.17. The van der Waals surface area contributed by atoms with Crippen molar-refractivity contribution in [3.63, 3.8) is 0 Å². The van der Waals surface area contributed by atoms with Crippen LogP contribution in [0, 0.1) is 16.7 Å². The molecule has 110 valence electrons. The molecule has 1 aromatic carbocycles. The van der Waals surface area contributed by atoms with Crippen LogP contribution in [-0.2, 0) is 11.2 Å². The zero-order valence-electron chi connectivity index (χ0n) is 13.2. The summed E-state index contributed by atoms with van der Waals surface area (Å²) in [6, 6.07) is 5.67. The number of carbonyl (C=O) groups is 1. The second-order valence-electron chi connectivity index (χ2n) is 6.71. The lowest BCUT2D eigenvalue weighted by molar-refractivity contribution is -0.120. The molecule has 0 heterocycles. The molecule has 1 saturated carbocycles. The number of hydrogen-bond acceptors (Lipinski definition) is 3. The molecule has 1 fully saturated rings. The monoisotopic (exact) mass is 276 g/mol. The molecule has 3 heteroatoms. The van der Waals surface area contributed by atoms with Crippen molar-refractivity contribution in [2.45, 2.75) is 34.1 Å². The Balaban J connectivity index is 2.14. The van der Waals surface area contributed by atoms with E-state index in [4.69, 9.17) is 9.47 Å². The molecule has 0 spiro atoms. The van der Waals surface area contributed by atoms with Gasteiger partial charge in [-0.05, 0) is 28.5 Å². The third kappa shape index (κ3) is 2.19. The predicted molar refractivity (Wildman–Crippen MR) is 79.3 cm³/mol. The first-order valence-electron chi connectivity index (χ1n) is 6.99. The van der Waals surface area contributed by atoms with Gasteiger partial charge in [-0.25, -0.2) is 0 Å². The number of hydrogen-bond donors (Lipinski definition) is 0. The Bertz CT molecular complexity index is 515. The molecule has 0 unspecified atom stereocenters. The van der Waals surface area contributed by atoms with Gasteiger partial charge in [-0.3, -0.25) is 4.79 Å². The lowest BCUT2D eigenvalue weighted by atomic mass is 10.0. The molecule has 1 aliphatic carbocycles. The second kappa shape index (κ2) is 4.80. The average molecular weight is 276 g/mol. The van der Waals surface area contributed by atoms with Crippen LogP contribution in [0.2, 0.25) is 0 Å². The number of Topliss-reactive ketones (excluding diaryl/α,β-unsaturated/α-hetero) is 1. The van der Waals surface area contributed by atoms with Gasteiger partial charge >= 0.3 is 0 Å². The van der Waals surface area contributed by atoms with Gasteiger partial charge in [0.15, 0.2) is 11.5 Å². The van der Waals surface area contributed by atoms with Crippen molar-refractivity contribution in [1.82, 2.24) is 0 Å². The third-order valence-electron chi connectivity index (χ3n) is 5.17. The van der Waals surface area contributed by atoms with Gasteiger partial charge in [-0.1, -0.05) is 33.8 Å². The Morgan fingerprint density at radius 1 is 1.05 bits per heavy atom. The molecule has 0 amide bonds. The van der Waals surface area contributed by atoms with Gasteiger partial charge in [-0.2, -0.15) is 0 Å². The van der Waals surface area contributed by atoms with E-state index in [1.54, 1.807) is 14.2 Å². The van der Waals surface area contributed by atoms with Gasteiger partial charge in [0.2, 0.25) is 0 Å². The smallest absolute Gasteiger partial charge is 0.161 e. The van der Waals surface area contributed by atoms with Gasteiger partial charge in [0, 0.05) is 12.3 Å². The van der Waals surface area contributed by atoms with Crippen molar-refractivity contribution in [3.8, 4) is 11.5 Å². The lowest BCUT2D eigenvalue weighted by Gasteiger charge is -2.09. The number of carbonyl (C=O) groups excluding carboxylic acids is 1. The topological polar surface area (TPSA) is 35.5 Å². The van der Waals surface area contributed by atoms with Crippen molar-refractivity contribution in [3.05, 3.63) is 23.8 Å². The highest BCUT2D eigenvalue weighted by atomic mass is 16.5. The van der Waals surface area contributed by atoms with Gasteiger partial charge in [0.05, 0.1) is 14.2 Å². The summed E-state index contributed by atoms with van der Waals surface area (Å²) >= 11 is 0. The van der Waals surface area contributed by atoms with E-state index in [1.807, 2.05) is 18.2 Å².